The van der Waals surface area contributed by atoms with E-state index in [1.807, 2.05) is 55.6 Å². The molecule has 1 heterocycles. The Morgan fingerprint density at radius 3 is 2.53 bits per heavy atom. The summed E-state index contributed by atoms with van der Waals surface area (Å²) < 4.78 is 5.05. The number of hydrogen-bond acceptors (Lipinski definition) is 4. The van der Waals surface area contributed by atoms with Gasteiger partial charge in [-0.15, -0.1) is 4.65 Å². The van der Waals surface area contributed by atoms with E-state index in [2.05, 4.69) is 12.1 Å². The summed E-state index contributed by atoms with van der Waals surface area (Å²) in [5.74, 6) is -0.355. The van der Waals surface area contributed by atoms with Gasteiger partial charge in [0.25, 0.3) is 0 Å². The second kappa shape index (κ2) is 10.5. The number of halogens is 2. The minimum Gasteiger partial charge on any atom is -0.465 e. The standard InChI is InChI=1S/C27H25Cl2N2O3/c1-31(34-18-20-7-11-21(12-8-20)27(32)33-2)16-15-30-25(22-5-3-4-6-26(22)31)14-10-19-9-13-23(28)24(29)17-19/h3-14,17H,15-16,18H2,1-2H3/q+1. The van der Waals surface area contributed by atoms with Crippen molar-refractivity contribution in [3.8, 4) is 0 Å². The van der Waals surface area contributed by atoms with E-state index in [0.717, 1.165) is 28.1 Å². The topological polar surface area (TPSA) is 47.9 Å². The Labute approximate surface area is 209 Å². The summed E-state index contributed by atoms with van der Waals surface area (Å²) in [6.45, 7) is 1.68. The number of hydrogen-bond donors (Lipinski definition) is 0. The van der Waals surface area contributed by atoms with Gasteiger partial charge < -0.3 is 4.74 Å². The Morgan fingerprint density at radius 2 is 1.79 bits per heavy atom. The van der Waals surface area contributed by atoms with Crippen LogP contribution >= 0.6 is 23.2 Å². The smallest absolute Gasteiger partial charge is 0.337 e. The summed E-state index contributed by atoms with van der Waals surface area (Å²) in [6, 6.07) is 20.9. The van der Waals surface area contributed by atoms with Crippen LogP contribution in [0.15, 0.2) is 77.8 Å². The molecular formula is C27H25Cl2N2O3+. The molecule has 0 radical (unpaired) electrons. The number of aliphatic imine (C=N–C) groups is 1. The second-order valence-electron chi connectivity index (χ2n) is 8.08. The number of methoxy groups -OCH3 is 1. The van der Waals surface area contributed by atoms with Crippen LogP contribution in [0.2, 0.25) is 10.0 Å². The number of quaternary nitrogens is 1. The van der Waals surface area contributed by atoms with Crippen molar-refractivity contribution in [2.24, 2.45) is 4.99 Å². The molecule has 34 heavy (non-hydrogen) atoms. The van der Waals surface area contributed by atoms with Crippen LogP contribution in [0.1, 0.15) is 27.0 Å². The first kappa shape index (κ1) is 24.2. The number of fused-ring (bicyclic) bond motifs is 1. The predicted molar refractivity (Wildman–Crippen MR) is 138 cm³/mol. The number of allylic oxidation sites excluding steroid dienone is 1. The van der Waals surface area contributed by atoms with E-state index in [1.54, 1.807) is 18.2 Å². The van der Waals surface area contributed by atoms with Crippen LogP contribution in [-0.2, 0) is 16.2 Å². The number of para-hydroxylation sites is 1. The Balaban J connectivity index is 1.55. The molecule has 1 unspecified atom stereocenters. The van der Waals surface area contributed by atoms with Gasteiger partial charge in [-0.25, -0.2) is 4.79 Å². The molecule has 5 nitrogen and oxygen atoms in total. The molecule has 0 saturated carbocycles. The average molecular weight is 496 g/mol. The maximum absolute atomic E-state index is 11.7. The van der Waals surface area contributed by atoms with Crippen LogP contribution in [0, 0.1) is 0 Å². The Bertz CT molecular complexity index is 1250. The number of benzodiazepines with no additional fused rings is 1. The fraction of sp³-hybridized carbons (Fsp3) is 0.185. The molecule has 1 atom stereocenters. The quantitative estimate of drug-likeness (QED) is 0.295. The number of hydroxylamine groups is 2. The van der Waals surface area contributed by atoms with E-state index in [4.69, 9.17) is 37.8 Å². The molecule has 4 rings (SSSR count). The number of rotatable bonds is 6. The highest BCUT2D eigenvalue weighted by Gasteiger charge is 2.33. The summed E-state index contributed by atoms with van der Waals surface area (Å²) in [5.41, 5.74) is 5.36. The van der Waals surface area contributed by atoms with Crippen LogP contribution in [0.25, 0.3) is 6.08 Å². The van der Waals surface area contributed by atoms with Gasteiger partial charge in [0.2, 0.25) is 0 Å². The molecule has 0 aliphatic carbocycles. The van der Waals surface area contributed by atoms with E-state index in [0.29, 0.717) is 35.3 Å². The first-order chi connectivity index (χ1) is 16.4. The lowest BCUT2D eigenvalue weighted by molar-refractivity contribution is -0.137. The number of likely N-dealkylation sites (N-methyl/N-ethyl adjacent to an activating group) is 1. The maximum atomic E-state index is 11.7. The number of carbonyl (C=O) groups is 1. The first-order valence-corrected chi connectivity index (χ1v) is 11.6. The van der Waals surface area contributed by atoms with Gasteiger partial charge in [0.15, 0.2) is 5.69 Å². The fourth-order valence-electron chi connectivity index (χ4n) is 3.81. The van der Waals surface area contributed by atoms with Gasteiger partial charge in [0.1, 0.15) is 20.2 Å². The second-order valence-corrected chi connectivity index (χ2v) is 8.89. The van der Waals surface area contributed by atoms with Gasteiger partial charge in [-0.05, 0) is 47.5 Å². The van der Waals surface area contributed by atoms with Crippen molar-refractivity contribution in [2.75, 3.05) is 27.2 Å². The number of carbonyl (C=O) groups excluding carboxylic acids is 1. The van der Waals surface area contributed by atoms with Crippen LogP contribution in [0.3, 0.4) is 0 Å². The molecule has 0 aromatic heterocycles. The van der Waals surface area contributed by atoms with Crippen LogP contribution < -0.4 is 4.65 Å². The van der Waals surface area contributed by atoms with E-state index in [-0.39, 0.29) is 10.6 Å². The van der Waals surface area contributed by atoms with E-state index >= 15 is 0 Å². The molecular weight excluding hydrogens is 471 g/mol. The molecule has 0 spiro atoms. The molecule has 0 saturated heterocycles. The molecule has 1 aliphatic rings. The van der Waals surface area contributed by atoms with Gasteiger partial charge in [-0.2, -0.15) is 4.84 Å². The van der Waals surface area contributed by atoms with Gasteiger partial charge in [0, 0.05) is 6.07 Å². The maximum Gasteiger partial charge on any atom is 0.337 e. The zero-order valence-corrected chi connectivity index (χ0v) is 20.5. The molecule has 0 fully saturated rings. The van der Waals surface area contributed by atoms with Crippen LogP contribution in [0.5, 0.6) is 0 Å². The highest BCUT2D eigenvalue weighted by molar-refractivity contribution is 6.42. The lowest BCUT2D eigenvalue weighted by Gasteiger charge is -2.30. The lowest BCUT2D eigenvalue weighted by Crippen LogP contribution is -2.46. The number of nitrogens with zero attached hydrogens (tertiary/aromatic N) is 2. The molecule has 0 N–H and O–H groups in total. The molecule has 3 aromatic carbocycles. The van der Waals surface area contributed by atoms with E-state index < -0.39 is 0 Å². The molecule has 1 aliphatic heterocycles. The van der Waals surface area contributed by atoms with Gasteiger partial charge >= 0.3 is 5.97 Å². The summed E-state index contributed by atoms with van der Waals surface area (Å²) >= 11 is 12.2. The number of ether oxygens (including phenoxy) is 1. The van der Waals surface area contributed by atoms with Gasteiger partial charge in [0.05, 0.1) is 40.5 Å². The zero-order valence-electron chi connectivity index (χ0n) is 19.0. The van der Waals surface area contributed by atoms with E-state index in [9.17, 15) is 4.79 Å². The minimum absolute atomic E-state index is 0.280. The summed E-state index contributed by atoms with van der Waals surface area (Å²) in [5, 5.41) is 1.05. The molecule has 3 aromatic rings. The van der Waals surface area contributed by atoms with Crippen molar-refractivity contribution < 1.29 is 14.4 Å². The predicted octanol–water partition coefficient (Wildman–Crippen LogP) is 6.37. The third-order valence-corrected chi connectivity index (χ3v) is 6.51. The molecule has 7 heteroatoms. The molecule has 174 valence electrons. The molecule has 0 amide bonds. The number of benzene rings is 3. The largest absolute Gasteiger partial charge is 0.465 e. The third-order valence-electron chi connectivity index (χ3n) is 5.77. The van der Waals surface area contributed by atoms with Crippen LogP contribution in [-0.4, -0.2) is 38.9 Å². The van der Waals surface area contributed by atoms with Crippen molar-refractivity contribution in [1.29, 1.82) is 0 Å². The van der Waals surface area contributed by atoms with Crippen molar-refractivity contribution in [3.63, 3.8) is 0 Å². The highest BCUT2D eigenvalue weighted by atomic mass is 35.5. The Hall–Kier alpha value is -2.96. The first-order valence-electron chi connectivity index (χ1n) is 10.8. The lowest BCUT2D eigenvalue weighted by atomic mass is 10.1. The summed E-state index contributed by atoms with van der Waals surface area (Å²) in [4.78, 5) is 22.9. The average Bonchev–Trinajstić information content (AvgIpc) is 3.00. The van der Waals surface area contributed by atoms with Crippen molar-refractivity contribution in [3.05, 3.63) is 105 Å². The Kier molecular flexibility index (Phi) is 7.49. The Morgan fingerprint density at radius 1 is 1.03 bits per heavy atom. The van der Waals surface area contributed by atoms with Crippen molar-refractivity contribution >= 4 is 46.6 Å². The van der Waals surface area contributed by atoms with E-state index in [1.165, 1.54) is 7.11 Å². The summed E-state index contributed by atoms with van der Waals surface area (Å²) in [6.07, 6.45) is 3.98. The fourth-order valence-corrected chi connectivity index (χ4v) is 4.12. The van der Waals surface area contributed by atoms with Gasteiger partial charge in [-0.3, -0.25) is 4.99 Å². The summed E-state index contributed by atoms with van der Waals surface area (Å²) in [7, 11) is 3.42. The SMILES string of the molecule is COC(=O)c1ccc(CO[N+]2(C)CCN=C(C=Cc3ccc(Cl)c(Cl)c3)c3ccccc32)cc1. The normalized spacial score (nSPS) is 17.7. The van der Waals surface area contributed by atoms with Crippen molar-refractivity contribution in [1.82, 2.24) is 4.65 Å². The molecule has 0 bridgehead atoms. The highest BCUT2D eigenvalue weighted by Crippen LogP contribution is 2.31. The van der Waals surface area contributed by atoms with Crippen LogP contribution in [0.4, 0.5) is 5.69 Å². The third kappa shape index (κ3) is 5.40. The monoisotopic (exact) mass is 495 g/mol. The minimum atomic E-state index is -0.355. The van der Waals surface area contributed by atoms with Gasteiger partial charge in [-0.1, -0.05) is 59.6 Å². The number of esters is 1. The zero-order chi connectivity index (χ0) is 24.1. The van der Waals surface area contributed by atoms with Crippen molar-refractivity contribution in [2.45, 2.75) is 6.61 Å².